The van der Waals surface area contributed by atoms with Gasteiger partial charge in [-0.15, -0.1) is 0 Å². The standard InChI is InChI=1S/C16H14N4O2/c1-11-13(8-5-9-17-11)14-10-15(16(21)19-22)20(18-14)12-6-3-2-4-7-12/h2-10,22H,1H3,(H,19,21). The molecule has 2 aromatic heterocycles. The third-order valence-corrected chi connectivity index (χ3v) is 3.33. The fraction of sp³-hybridized carbons (Fsp3) is 0.0625. The number of benzene rings is 1. The van der Waals surface area contributed by atoms with E-state index in [2.05, 4.69) is 10.1 Å². The maximum Gasteiger partial charge on any atom is 0.293 e. The molecule has 0 saturated carbocycles. The molecule has 0 atom stereocenters. The number of carbonyl (C=O) groups excluding carboxylic acids is 1. The summed E-state index contributed by atoms with van der Waals surface area (Å²) < 4.78 is 1.49. The maximum atomic E-state index is 11.9. The number of aryl methyl sites for hydroxylation is 1. The van der Waals surface area contributed by atoms with Crippen LogP contribution in [0.1, 0.15) is 16.2 Å². The minimum Gasteiger partial charge on any atom is -0.288 e. The summed E-state index contributed by atoms with van der Waals surface area (Å²) in [5, 5.41) is 13.4. The highest BCUT2D eigenvalue weighted by atomic mass is 16.5. The molecule has 0 bridgehead atoms. The SMILES string of the molecule is Cc1ncccc1-c1cc(C(=O)NO)n(-c2ccccc2)n1. The lowest BCUT2D eigenvalue weighted by Crippen LogP contribution is -2.22. The second-order valence-corrected chi connectivity index (χ2v) is 4.74. The van der Waals surface area contributed by atoms with Crippen molar-refractivity contribution in [3.63, 3.8) is 0 Å². The predicted octanol–water partition coefficient (Wildman–Crippen LogP) is 2.36. The maximum absolute atomic E-state index is 11.9. The summed E-state index contributed by atoms with van der Waals surface area (Å²) in [4.78, 5) is 16.1. The van der Waals surface area contributed by atoms with Gasteiger partial charge >= 0.3 is 0 Å². The number of hydrogen-bond donors (Lipinski definition) is 2. The van der Waals surface area contributed by atoms with Crippen LogP contribution in [0.2, 0.25) is 0 Å². The van der Waals surface area contributed by atoms with Crippen molar-refractivity contribution in [1.82, 2.24) is 20.2 Å². The number of para-hydroxylation sites is 1. The molecule has 6 nitrogen and oxygen atoms in total. The Morgan fingerprint density at radius 3 is 2.64 bits per heavy atom. The van der Waals surface area contributed by atoms with Gasteiger partial charge in [0.25, 0.3) is 5.91 Å². The molecule has 0 spiro atoms. The minimum atomic E-state index is -0.621. The van der Waals surface area contributed by atoms with Crippen molar-refractivity contribution in [3.05, 3.63) is 66.1 Å². The smallest absolute Gasteiger partial charge is 0.288 e. The van der Waals surface area contributed by atoms with Crippen LogP contribution in [0, 0.1) is 6.92 Å². The first-order chi connectivity index (χ1) is 10.7. The highest BCUT2D eigenvalue weighted by Gasteiger charge is 2.18. The molecular formula is C16H14N4O2. The first-order valence-corrected chi connectivity index (χ1v) is 6.72. The van der Waals surface area contributed by atoms with Gasteiger partial charge in [-0.2, -0.15) is 5.10 Å². The van der Waals surface area contributed by atoms with Crippen LogP contribution in [0.3, 0.4) is 0 Å². The Hall–Kier alpha value is -2.99. The van der Waals surface area contributed by atoms with Crippen molar-refractivity contribution >= 4 is 5.91 Å². The van der Waals surface area contributed by atoms with Gasteiger partial charge in [-0.3, -0.25) is 15.0 Å². The highest BCUT2D eigenvalue weighted by molar-refractivity contribution is 5.93. The summed E-state index contributed by atoms with van der Waals surface area (Å²) in [6.45, 7) is 1.88. The Kier molecular flexibility index (Phi) is 3.67. The molecule has 1 amide bonds. The van der Waals surface area contributed by atoms with Crippen LogP contribution < -0.4 is 5.48 Å². The topological polar surface area (TPSA) is 80.0 Å². The van der Waals surface area contributed by atoms with Crippen molar-refractivity contribution < 1.29 is 10.0 Å². The van der Waals surface area contributed by atoms with E-state index in [0.29, 0.717) is 5.69 Å². The number of nitrogens with zero attached hydrogens (tertiary/aromatic N) is 3. The van der Waals surface area contributed by atoms with E-state index >= 15 is 0 Å². The Bertz CT molecular complexity index is 812. The Morgan fingerprint density at radius 2 is 1.95 bits per heavy atom. The Balaban J connectivity index is 2.18. The van der Waals surface area contributed by atoms with Crippen LogP contribution in [0.5, 0.6) is 0 Å². The number of carbonyl (C=O) groups is 1. The zero-order valence-corrected chi connectivity index (χ0v) is 11.9. The van der Waals surface area contributed by atoms with Gasteiger partial charge in [0.15, 0.2) is 0 Å². The predicted molar refractivity (Wildman–Crippen MR) is 80.8 cm³/mol. The van der Waals surface area contributed by atoms with Crippen molar-refractivity contribution in [2.24, 2.45) is 0 Å². The molecular weight excluding hydrogens is 280 g/mol. The van der Waals surface area contributed by atoms with Gasteiger partial charge in [0.05, 0.1) is 11.4 Å². The molecule has 22 heavy (non-hydrogen) atoms. The number of hydrogen-bond acceptors (Lipinski definition) is 4. The van der Waals surface area contributed by atoms with E-state index in [4.69, 9.17) is 5.21 Å². The molecule has 0 radical (unpaired) electrons. The van der Waals surface area contributed by atoms with E-state index in [-0.39, 0.29) is 5.69 Å². The van der Waals surface area contributed by atoms with Crippen molar-refractivity contribution in [3.8, 4) is 16.9 Å². The van der Waals surface area contributed by atoms with Gasteiger partial charge in [-0.25, -0.2) is 10.2 Å². The summed E-state index contributed by atoms with van der Waals surface area (Å²) in [7, 11) is 0. The van der Waals surface area contributed by atoms with Crippen LogP contribution in [-0.4, -0.2) is 25.9 Å². The molecule has 0 aliphatic rings. The quantitative estimate of drug-likeness (QED) is 0.574. The molecule has 0 fully saturated rings. The number of hydroxylamine groups is 1. The third-order valence-electron chi connectivity index (χ3n) is 3.33. The highest BCUT2D eigenvalue weighted by Crippen LogP contribution is 2.23. The molecule has 110 valence electrons. The van der Waals surface area contributed by atoms with Gasteiger partial charge in [-0.1, -0.05) is 18.2 Å². The number of rotatable bonds is 3. The average molecular weight is 294 g/mol. The second kappa shape index (κ2) is 5.79. The number of pyridine rings is 1. The molecule has 0 unspecified atom stereocenters. The van der Waals surface area contributed by atoms with Gasteiger partial charge < -0.3 is 0 Å². The van der Waals surface area contributed by atoms with E-state index in [1.54, 1.807) is 17.7 Å². The van der Waals surface area contributed by atoms with E-state index in [9.17, 15) is 4.79 Å². The average Bonchev–Trinajstić information content (AvgIpc) is 3.00. The minimum absolute atomic E-state index is 0.243. The lowest BCUT2D eigenvalue weighted by Gasteiger charge is -2.05. The molecule has 3 aromatic rings. The van der Waals surface area contributed by atoms with E-state index < -0.39 is 5.91 Å². The van der Waals surface area contributed by atoms with Crippen LogP contribution >= 0.6 is 0 Å². The lowest BCUT2D eigenvalue weighted by molar-refractivity contribution is 0.0697. The van der Waals surface area contributed by atoms with Crippen LogP contribution in [-0.2, 0) is 0 Å². The number of aromatic nitrogens is 3. The largest absolute Gasteiger partial charge is 0.293 e. The monoisotopic (exact) mass is 294 g/mol. The second-order valence-electron chi connectivity index (χ2n) is 4.74. The first-order valence-electron chi connectivity index (χ1n) is 6.72. The summed E-state index contributed by atoms with van der Waals surface area (Å²) in [6.07, 6.45) is 1.70. The summed E-state index contributed by atoms with van der Waals surface area (Å²) in [6, 6.07) is 14.6. The first kappa shape index (κ1) is 14.0. The van der Waals surface area contributed by atoms with E-state index in [1.807, 2.05) is 49.4 Å². The molecule has 6 heteroatoms. The Morgan fingerprint density at radius 1 is 1.18 bits per heavy atom. The van der Waals surface area contributed by atoms with Crippen molar-refractivity contribution in [2.75, 3.05) is 0 Å². The fourth-order valence-corrected chi connectivity index (χ4v) is 2.25. The van der Waals surface area contributed by atoms with Crippen LogP contribution in [0.15, 0.2) is 54.7 Å². The molecule has 0 aliphatic carbocycles. The van der Waals surface area contributed by atoms with E-state index in [1.165, 1.54) is 4.68 Å². The molecule has 0 saturated heterocycles. The van der Waals surface area contributed by atoms with Crippen LogP contribution in [0.25, 0.3) is 16.9 Å². The molecule has 3 rings (SSSR count). The zero-order valence-electron chi connectivity index (χ0n) is 11.9. The van der Waals surface area contributed by atoms with Gasteiger partial charge in [0.2, 0.25) is 0 Å². The fourth-order valence-electron chi connectivity index (χ4n) is 2.25. The summed E-state index contributed by atoms with van der Waals surface area (Å²) in [5.41, 5.74) is 4.90. The molecule has 0 aliphatic heterocycles. The summed E-state index contributed by atoms with van der Waals surface area (Å²) >= 11 is 0. The molecule has 2 N–H and O–H groups in total. The molecule has 2 heterocycles. The Labute approximate surface area is 127 Å². The summed E-state index contributed by atoms with van der Waals surface area (Å²) in [5.74, 6) is -0.621. The normalized spacial score (nSPS) is 10.5. The zero-order chi connectivity index (χ0) is 15.5. The van der Waals surface area contributed by atoms with Crippen molar-refractivity contribution in [1.29, 1.82) is 0 Å². The third kappa shape index (κ3) is 2.47. The number of nitrogens with one attached hydrogen (secondary N) is 1. The van der Waals surface area contributed by atoms with Crippen molar-refractivity contribution in [2.45, 2.75) is 6.92 Å². The number of amides is 1. The van der Waals surface area contributed by atoms with Gasteiger partial charge in [0.1, 0.15) is 5.69 Å². The van der Waals surface area contributed by atoms with Gasteiger partial charge in [0, 0.05) is 17.5 Å². The lowest BCUT2D eigenvalue weighted by atomic mass is 10.1. The van der Waals surface area contributed by atoms with E-state index in [0.717, 1.165) is 16.9 Å². The molecule has 1 aromatic carbocycles. The van der Waals surface area contributed by atoms with Gasteiger partial charge in [-0.05, 0) is 37.3 Å². The van der Waals surface area contributed by atoms with Crippen LogP contribution in [0.4, 0.5) is 0 Å².